The maximum absolute atomic E-state index is 9.81. The molecular formula is C9H14N2O3. The fraction of sp³-hybridized carbons (Fsp3) is 0.667. The van der Waals surface area contributed by atoms with Crippen molar-refractivity contribution in [2.75, 3.05) is 13.2 Å². The highest BCUT2D eigenvalue weighted by Gasteiger charge is 2.22. The lowest BCUT2D eigenvalue weighted by Crippen LogP contribution is -2.15. The van der Waals surface area contributed by atoms with Gasteiger partial charge in [-0.1, -0.05) is 0 Å². The molecule has 1 aliphatic heterocycles. The van der Waals surface area contributed by atoms with Crippen LogP contribution in [0.5, 0.6) is 0 Å². The van der Waals surface area contributed by atoms with E-state index in [9.17, 15) is 5.11 Å². The molecule has 0 bridgehead atoms. The molecule has 2 rings (SSSR count). The quantitative estimate of drug-likeness (QED) is 0.754. The summed E-state index contributed by atoms with van der Waals surface area (Å²) in [6.07, 6.45) is 2.98. The third-order valence-corrected chi connectivity index (χ3v) is 2.26. The van der Waals surface area contributed by atoms with E-state index in [2.05, 4.69) is 4.98 Å². The fourth-order valence-electron chi connectivity index (χ4n) is 1.53. The third-order valence-electron chi connectivity index (χ3n) is 2.26. The lowest BCUT2D eigenvalue weighted by atomic mass is 10.2. The molecule has 1 fully saturated rings. The smallest absolute Gasteiger partial charge is 0.160 e. The van der Waals surface area contributed by atoms with Crippen LogP contribution in [0.25, 0.3) is 0 Å². The molecule has 1 atom stereocenters. The van der Waals surface area contributed by atoms with Gasteiger partial charge in [0.05, 0.1) is 13.2 Å². The van der Waals surface area contributed by atoms with Crippen molar-refractivity contribution >= 4 is 0 Å². The van der Waals surface area contributed by atoms with Crippen molar-refractivity contribution < 1.29 is 14.6 Å². The topological polar surface area (TPSA) is 56.5 Å². The van der Waals surface area contributed by atoms with E-state index in [4.69, 9.17) is 9.47 Å². The summed E-state index contributed by atoms with van der Waals surface area (Å²) in [4.78, 5) is 4.06. The van der Waals surface area contributed by atoms with Crippen molar-refractivity contribution in [1.29, 1.82) is 0 Å². The van der Waals surface area contributed by atoms with Crippen LogP contribution in [-0.4, -0.2) is 34.2 Å². The van der Waals surface area contributed by atoms with E-state index in [1.54, 1.807) is 17.0 Å². The van der Waals surface area contributed by atoms with E-state index < -0.39 is 6.10 Å². The maximum Gasteiger partial charge on any atom is 0.160 e. The van der Waals surface area contributed by atoms with Crippen LogP contribution in [0.1, 0.15) is 18.3 Å². The standard InChI is InChI=1S/C9H14N2O3/c1-11-3-2-10-9(11)7(12)6-8-13-4-5-14-8/h2-3,7-8,12H,4-6H2,1H3. The third kappa shape index (κ3) is 1.95. The molecule has 0 spiro atoms. The van der Waals surface area contributed by atoms with Gasteiger partial charge in [-0.3, -0.25) is 0 Å². The maximum atomic E-state index is 9.81. The van der Waals surface area contributed by atoms with Crippen LogP contribution >= 0.6 is 0 Å². The zero-order valence-corrected chi connectivity index (χ0v) is 8.09. The van der Waals surface area contributed by atoms with Gasteiger partial charge in [0, 0.05) is 25.9 Å². The van der Waals surface area contributed by atoms with Gasteiger partial charge in [-0.05, 0) is 0 Å². The largest absolute Gasteiger partial charge is 0.385 e. The minimum atomic E-state index is -0.627. The Morgan fingerprint density at radius 2 is 2.36 bits per heavy atom. The summed E-state index contributed by atoms with van der Waals surface area (Å²) in [5.41, 5.74) is 0. The molecule has 1 N–H and O–H groups in total. The van der Waals surface area contributed by atoms with Gasteiger partial charge in [0.1, 0.15) is 11.9 Å². The predicted octanol–water partition coefficient (Wildman–Crippen LogP) is 0.216. The van der Waals surface area contributed by atoms with Crippen molar-refractivity contribution in [2.45, 2.75) is 18.8 Å². The van der Waals surface area contributed by atoms with E-state index in [0.29, 0.717) is 25.5 Å². The predicted molar refractivity (Wildman–Crippen MR) is 48.5 cm³/mol. The molecule has 1 aromatic heterocycles. The highest BCUT2D eigenvalue weighted by Crippen LogP contribution is 2.20. The zero-order valence-electron chi connectivity index (χ0n) is 8.09. The monoisotopic (exact) mass is 198 g/mol. The van der Waals surface area contributed by atoms with Crippen LogP contribution in [0.2, 0.25) is 0 Å². The lowest BCUT2D eigenvalue weighted by Gasteiger charge is -2.14. The first kappa shape index (κ1) is 9.64. The average molecular weight is 198 g/mol. The molecule has 1 aromatic rings. The van der Waals surface area contributed by atoms with E-state index in [0.717, 1.165) is 0 Å². The molecule has 0 aliphatic carbocycles. The van der Waals surface area contributed by atoms with Gasteiger partial charge >= 0.3 is 0 Å². The van der Waals surface area contributed by atoms with Gasteiger partial charge < -0.3 is 19.1 Å². The second-order valence-electron chi connectivity index (χ2n) is 3.32. The van der Waals surface area contributed by atoms with Crippen molar-refractivity contribution in [2.24, 2.45) is 7.05 Å². The molecule has 78 valence electrons. The summed E-state index contributed by atoms with van der Waals surface area (Å²) in [5, 5.41) is 9.81. The Morgan fingerprint density at radius 3 is 2.93 bits per heavy atom. The minimum absolute atomic E-state index is 0.290. The number of nitrogens with zero attached hydrogens (tertiary/aromatic N) is 2. The van der Waals surface area contributed by atoms with Gasteiger partial charge in [0.15, 0.2) is 6.29 Å². The highest BCUT2D eigenvalue weighted by atomic mass is 16.7. The molecule has 1 aliphatic rings. The molecule has 5 heteroatoms. The number of hydrogen-bond acceptors (Lipinski definition) is 4. The van der Waals surface area contributed by atoms with Gasteiger partial charge in [-0.25, -0.2) is 4.98 Å². The van der Waals surface area contributed by atoms with Crippen LogP contribution in [0, 0.1) is 0 Å². The zero-order chi connectivity index (χ0) is 9.97. The molecule has 0 aromatic carbocycles. The summed E-state index contributed by atoms with van der Waals surface area (Å²) < 4.78 is 12.3. The molecule has 1 saturated heterocycles. The Morgan fingerprint density at radius 1 is 1.64 bits per heavy atom. The average Bonchev–Trinajstić information content (AvgIpc) is 2.75. The molecule has 0 saturated carbocycles. The van der Waals surface area contributed by atoms with E-state index in [1.165, 1.54) is 0 Å². The van der Waals surface area contributed by atoms with E-state index in [1.807, 2.05) is 7.05 Å². The van der Waals surface area contributed by atoms with Crippen LogP contribution in [-0.2, 0) is 16.5 Å². The van der Waals surface area contributed by atoms with Crippen molar-refractivity contribution in [1.82, 2.24) is 9.55 Å². The Hall–Kier alpha value is -0.910. The molecule has 5 nitrogen and oxygen atoms in total. The lowest BCUT2D eigenvalue weighted by molar-refractivity contribution is -0.0723. The molecular weight excluding hydrogens is 184 g/mol. The number of imidazole rings is 1. The first-order valence-corrected chi connectivity index (χ1v) is 4.66. The first-order valence-electron chi connectivity index (χ1n) is 4.66. The number of rotatable bonds is 3. The Kier molecular flexibility index (Phi) is 2.81. The highest BCUT2D eigenvalue weighted by molar-refractivity contribution is 4.95. The summed E-state index contributed by atoms with van der Waals surface area (Å²) in [6, 6.07) is 0. The number of aryl methyl sites for hydroxylation is 1. The van der Waals surface area contributed by atoms with Crippen LogP contribution in [0.3, 0.4) is 0 Å². The minimum Gasteiger partial charge on any atom is -0.385 e. The Bertz CT molecular complexity index is 294. The number of ether oxygens (including phenoxy) is 2. The first-order chi connectivity index (χ1) is 6.77. The Labute approximate surface area is 82.3 Å². The second kappa shape index (κ2) is 4.08. The number of aliphatic hydroxyl groups is 1. The van der Waals surface area contributed by atoms with Crippen molar-refractivity contribution in [3.63, 3.8) is 0 Å². The number of hydrogen-bond donors (Lipinski definition) is 1. The second-order valence-corrected chi connectivity index (χ2v) is 3.32. The molecule has 14 heavy (non-hydrogen) atoms. The fourth-order valence-corrected chi connectivity index (χ4v) is 1.53. The van der Waals surface area contributed by atoms with E-state index in [-0.39, 0.29) is 6.29 Å². The Balaban J connectivity index is 1.95. The molecule has 1 unspecified atom stereocenters. The van der Waals surface area contributed by atoms with Gasteiger partial charge in [-0.2, -0.15) is 0 Å². The van der Waals surface area contributed by atoms with Gasteiger partial charge in [0.25, 0.3) is 0 Å². The summed E-state index contributed by atoms with van der Waals surface area (Å²) in [5.74, 6) is 0.643. The van der Waals surface area contributed by atoms with Crippen molar-refractivity contribution in [3.8, 4) is 0 Å². The van der Waals surface area contributed by atoms with Crippen LogP contribution in [0.15, 0.2) is 12.4 Å². The van der Waals surface area contributed by atoms with Crippen LogP contribution < -0.4 is 0 Å². The number of aliphatic hydroxyl groups excluding tert-OH is 1. The van der Waals surface area contributed by atoms with Gasteiger partial charge in [-0.15, -0.1) is 0 Å². The van der Waals surface area contributed by atoms with E-state index >= 15 is 0 Å². The summed E-state index contributed by atoms with van der Waals surface area (Å²) in [7, 11) is 1.85. The summed E-state index contributed by atoms with van der Waals surface area (Å²) >= 11 is 0. The molecule has 0 amide bonds. The summed E-state index contributed by atoms with van der Waals surface area (Å²) in [6.45, 7) is 1.22. The SMILES string of the molecule is Cn1ccnc1C(O)CC1OCCO1. The molecule has 0 radical (unpaired) electrons. The van der Waals surface area contributed by atoms with Crippen LogP contribution in [0.4, 0.5) is 0 Å². The number of aromatic nitrogens is 2. The van der Waals surface area contributed by atoms with Crippen molar-refractivity contribution in [3.05, 3.63) is 18.2 Å². The van der Waals surface area contributed by atoms with Gasteiger partial charge in [0.2, 0.25) is 0 Å². The normalized spacial score (nSPS) is 20.1. The molecule has 2 heterocycles.